The van der Waals surface area contributed by atoms with Crippen molar-refractivity contribution in [2.75, 3.05) is 0 Å². The van der Waals surface area contributed by atoms with Gasteiger partial charge in [-0.25, -0.2) is 0 Å². The average Bonchev–Trinajstić information content (AvgIpc) is 1.82. The van der Waals surface area contributed by atoms with Crippen LogP contribution >= 0.6 is 0 Å². The summed E-state index contributed by atoms with van der Waals surface area (Å²) in [6, 6.07) is 0. The van der Waals surface area contributed by atoms with Crippen LogP contribution in [0.5, 0.6) is 0 Å². The van der Waals surface area contributed by atoms with Gasteiger partial charge in [-0.2, -0.15) is 0 Å². The van der Waals surface area contributed by atoms with Gasteiger partial charge in [-0.1, -0.05) is 20.8 Å². The zero-order valence-electron chi connectivity index (χ0n) is 8.35. The molecule has 0 N–H and O–H groups in total. The van der Waals surface area contributed by atoms with Crippen LogP contribution in [0.25, 0.3) is 0 Å². The van der Waals surface area contributed by atoms with Gasteiger partial charge in [0, 0.05) is 17.8 Å². The van der Waals surface area contributed by atoms with E-state index in [0.29, 0.717) is 0 Å². The summed E-state index contributed by atoms with van der Waals surface area (Å²) >= 11 is 0. The van der Waals surface area contributed by atoms with E-state index in [9.17, 15) is 19.5 Å². The molecule has 0 aromatic rings. The molecule has 0 amide bonds. The Bertz CT molecular complexity index is 240. The van der Waals surface area contributed by atoms with Crippen LogP contribution in [0.3, 0.4) is 0 Å². The number of carboxylic acids is 1. The van der Waals surface area contributed by atoms with E-state index >= 15 is 0 Å². The Morgan fingerprint density at radius 2 is 1.50 bits per heavy atom. The van der Waals surface area contributed by atoms with Gasteiger partial charge in [0.15, 0.2) is 0 Å². The molecule has 0 saturated carbocycles. The SMILES string of the molecule is CC(C)(C)C(=O)CC(=O)CC(=O)[O-].[Ag+]. The number of carboxylic acid groups (broad SMARTS) is 1. The third kappa shape index (κ3) is 7.00. The van der Waals surface area contributed by atoms with Crippen LogP contribution in [0, 0.1) is 5.41 Å². The van der Waals surface area contributed by atoms with E-state index in [2.05, 4.69) is 0 Å². The van der Waals surface area contributed by atoms with Crippen molar-refractivity contribution in [3.05, 3.63) is 0 Å². The first kappa shape index (κ1) is 16.0. The minimum Gasteiger partial charge on any atom is -0.550 e. The molecular weight excluding hydrogens is 280 g/mol. The number of carbonyl (C=O) groups excluding carboxylic acids is 3. The fraction of sp³-hybridized carbons (Fsp3) is 0.667. The third-order valence-corrected chi connectivity index (χ3v) is 1.54. The quantitative estimate of drug-likeness (QED) is 0.527. The van der Waals surface area contributed by atoms with Gasteiger partial charge in [0.05, 0.1) is 6.42 Å². The third-order valence-electron chi connectivity index (χ3n) is 1.54. The van der Waals surface area contributed by atoms with Crippen molar-refractivity contribution in [2.45, 2.75) is 33.6 Å². The minimum atomic E-state index is -1.44. The van der Waals surface area contributed by atoms with E-state index < -0.39 is 23.6 Å². The average molecular weight is 293 g/mol. The van der Waals surface area contributed by atoms with Crippen LogP contribution < -0.4 is 5.11 Å². The molecule has 5 heteroatoms. The summed E-state index contributed by atoms with van der Waals surface area (Å²) in [5.41, 5.74) is -0.596. The number of ketones is 2. The molecular formula is C9H13AgO4. The monoisotopic (exact) mass is 292 g/mol. The van der Waals surface area contributed by atoms with Crippen molar-refractivity contribution in [3.8, 4) is 0 Å². The maximum atomic E-state index is 11.2. The summed E-state index contributed by atoms with van der Waals surface area (Å²) < 4.78 is 0. The Labute approximate surface area is 98.6 Å². The second-order valence-corrected chi connectivity index (χ2v) is 3.94. The molecule has 0 radical (unpaired) electrons. The molecule has 0 aromatic heterocycles. The zero-order chi connectivity index (χ0) is 10.6. The largest absolute Gasteiger partial charge is 1.00 e. The van der Waals surface area contributed by atoms with Crippen molar-refractivity contribution in [3.63, 3.8) is 0 Å². The number of hydrogen-bond acceptors (Lipinski definition) is 4. The molecule has 0 saturated heterocycles. The fourth-order valence-electron chi connectivity index (χ4n) is 0.668. The predicted molar refractivity (Wildman–Crippen MR) is 43.7 cm³/mol. The van der Waals surface area contributed by atoms with Crippen LogP contribution in [0.4, 0.5) is 0 Å². The van der Waals surface area contributed by atoms with Crippen molar-refractivity contribution in [1.29, 1.82) is 0 Å². The molecule has 0 fully saturated rings. The standard InChI is InChI=1S/C9H14O4.Ag/c1-9(2,3)7(11)4-6(10)5-8(12)13;/h4-5H2,1-3H3,(H,12,13);/q;+1/p-1. The van der Waals surface area contributed by atoms with Crippen LogP contribution in [-0.2, 0) is 36.8 Å². The Balaban J connectivity index is 0. The molecule has 0 bridgehead atoms. The van der Waals surface area contributed by atoms with E-state index in [1.54, 1.807) is 20.8 Å². The summed E-state index contributed by atoms with van der Waals surface area (Å²) in [6.07, 6.45) is -1.00. The molecule has 0 atom stereocenters. The minimum absolute atomic E-state index is 0. The fourth-order valence-corrected chi connectivity index (χ4v) is 0.668. The number of rotatable bonds is 4. The van der Waals surface area contributed by atoms with Gasteiger partial charge in [0.2, 0.25) is 0 Å². The Morgan fingerprint density at radius 3 is 1.79 bits per heavy atom. The van der Waals surface area contributed by atoms with Crippen LogP contribution in [-0.4, -0.2) is 17.5 Å². The molecule has 0 aliphatic rings. The molecule has 0 aromatic carbocycles. The first-order valence-corrected chi connectivity index (χ1v) is 3.98. The van der Waals surface area contributed by atoms with Gasteiger partial charge in [0.25, 0.3) is 0 Å². The first-order valence-electron chi connectivity index (χ1n) is 3.98. The number of carbonyl (C=O) groups is 3. The van der Waals surface area contributed by atoms with Gasteiger partial charge in [-0.3, -0.25) is 9.59 Å². The van der Waals surface area contributed by atoms with Crippen molar-refractivity contribution in [1.82, 2.24) is 0 Å². The topological polar surface area (TPSA) is 74.3 Å². The summed E-state index contributed by atoms with van der Waals surface area (Å²) in [6.45, 7) is 5.05. The maximum Gasteiger partial charge on any atom is 1.00 e. The zero-order valence-corrected chi connectivity index (χ0v) is 9.83. The first-order chi connectivity index (χ1) is 5.73. The Morgan fingerprint density at radius 1 is 1.07 bits per heavy atom. The van der Waals surface area contributed by atoms with Gasteiger partial charge >= 0.3 is 22.4 Å². The number of aliphatic carboxylic acids is 1. The number of Topliss-reactive ketones (excluding diaryl/α,β-unsaturated/α-hetero) is 2. The molecule has 0 aliphatic carbocycles. The molecule has 0 unspecified atom stereocenters. The van der Waals surface area contributed by atoms with E-state index in [0.717, 1.165) is 0 Å². The normalized spacial score (nSPS) is 10.2. The van der Waals surface area contributed by atoms with E-state index in [-0.39, 0.29) is 34.6 Å². The molecule has 4 nitrogen and oxygen atoms in total. The predicted octanol–water partition coefficient (Wildman–Crippen LogP) is -0.302. The van der Waals surface area contributed by atoms with E-state index in [1.807, 2.05) is 0 Å². The van der Waals surface area contributed by atoms with Crippen molar-refractivity contribution >= 4 is 17.5 Å². The molecule has 0 spiro atoms. The van der Waals surface area contributed by atoms with Crippen LogP contribution in [0.2, 0.25) is 0 Å². The van der Waals surface area contributed by atoms with Crippen molar-refractivity contribution in [2.24, 2.45) is 5.41 Å². The van der Waals surface area contributed by atoms with Gasteiger partial charge in [-0.05, 0) is 0 Å². The van der Waals surface area contributed by atoms with Crippen molar-refractivity contribution < 1.29 is 41.9 Å². The Kier molecular flexibility index (Phi) is 6.99. The summed E-state index contributed by atoms with van der Waals surface area (Å²) in [7, 11) is 0. The van der Waals surface area contributed by atoms with E-state index in [1.165, 1.54) is 0 Å². The van der Waals surface area contributed by atoms with Gasteiger partial charge < -0.3 is 9.90 Å². The van der Waals surface area contributed by atoms with Crippen LogP contribution in [0.1, 0.15) is 33.6 Å². The summed E-state index contributed by atoms with van der Waals surface area (Å²) in [5, 5.41) is 10.00. The van der Waals surface area contributed by atoms with E-state index in [4.69, 9.17) is 0 Å². The summed E-state index contributed by atoms with van der Waals surface area (Å²) in [5.74, 6) is -2.29. The molecule has 0 aliphatic heterocycles. The maximum absolute atomic E-state index is 11.2. The van der Waals surface area contributed by atoms with Gasteiger partial charge in [-0.15, -0.1) is 0 Å². The van der Waals surface area contributed by atoms with Crippen LogP contribution in [0.15, 0.2) is 0 Å². The Hall–Kier alpha value is -0.450. The molecule has 14 heavy (non-hydrogen) atoms. The molecule has 0 heterocycles. The second kappa shape index (κ2) is 6.11. The number of hydrogen-bond donors (Lipinski definition) is 0. The smallest absolute Gasteiger partial charge is 0.550 e. The van der Waals surface area contributed by atoms with Gasteiger partial charge in [0.1, 0.15) is 11.6 Å². The second-order valence-electron chi connectivity index (χ2n) is 3.94. The summed E-state index contributed by atoms with van der Waals surface area (Å²) in [4.78, 5) is 32.1. The molecule has 0 rings (SSSR count). The molecule has 84 valence electrons.